The zero-order chi connectivity index (χ0) is 27.4. The van der Waals surface area contributed by atoms with E-state index in [9.17, 15) is 34.2 Å². The lowest BCUT2D eigenvalue weighted by Gasteiger charge is -2.15. The van der Waals surface area contributed by atoms with E-state index in [2.05, 4.69) is 5.32 Å². The van der Waals surface area contributed by atoms with Gasteiger partial charge in [-0.25, -0.2) is 14.5 Å². The molecule has 1 aliphatic rings. The highest BCUT2D eigenvalue weighted by Gasteiger charge is 2.40. The fraction of sp³-hybridized carbons (Fsp3) is 0.148. The van der Waals surface area contributed by atoms with Gasteiger partial charge in [-0.3, -0.25) is 14.4 Å². The third-order valence-corrected chi connectivity index (χ3v) is 6.84. The average Bonchev–Trinajstić information content (AvgIpc) is 3.17. The number of hydrogen-bond donors (Lipinski definition) is 3. The summed E-state index contributed by atoms with van der Waals surface area (Å²) in [5.74, 6) is -3.44. The normalized spacial score (nSPS) is 14.9. The standard InChI is InChI=1S/C27H22N2O8S/c1-2-37-18-8-6-17(7-9-18)29-23(30)14-22(25(29)32)38-19-10-4-16(5-11-19)28-24(31)21-13-15(26(33)34)3-12-20(21)27(35)36/h3-13,22H,2,14H2,1H3,(H,28,31)(H,33,34)(H,35,36). The number of carboxylic acid groups (broad SMARTS) is 2. The molecule has 3 aromatic carbocycles. The van der Waals surface area contributed by atoms with Crippen molar-refractivity contribution in [1.29, 1.82) is 0 Å². The number of amides is 3. The van der Waals surface area contributed by atoms with Crippen LogP contribution in [0.1, 0.15) is 44.4 Å². The molecule has 1 saturated heterocycles. The number of carbonyl (C=O) groups excluding carboxylic acids is 3. The van der Waals surface area contributed by atoms with Gasteiger partial charge < -0.3 is 20.3 Å². The van der Waals surface area contributed by atoms with Crippen LogP contribution in [0.2, 0.25) is 0 Å². The Morgan fingerprint density at radius 3 is 2.24 bits per heavy atom. The predicted molar refractivity (Wildman–Crippen MR) is 139 cm³/mol. The number of nitrogens with zero attached hydrogens (tertiary/aromatic N) is 1. The van der Waals surface area contributed by atoms with Gasteiger partial charge >= 0.3 is 11.9 Å². The van der Waals surface area contributed by atoms with Crippen molar-refractivity contribution in [2.24, 2.45) is 0 Å². The molecule has 1 heterocycles. The van der Waals surface area contributed by atoms with E-state index in [-0.39, 0.29) is 34.9 Å². The summed E-state index contributed by atoms with van der Waals surface area (Å²) < 4.78 is 5.40. The lowest BCUT2D eigenvalue weighted by atomic mass is 10.0. The number of anilines is 2. The molecule has 1 unspecified atom stereocenters. The van der Waals surface area contributed by atoms with Crippen LogP contribution in [-0.4, -0.2) is 51.7 Å². The monoisotopic (exact) mass is 534 g/mol. The number of nitrogens with one attached hydrogen (secondary N) is 1. The Hall–Kier alpha value is -4.64. The van der Waals surface area contributed by atoms with Gasteiger partial charge in [-0.1, -0.05) is 0 Å². The molecule has 0 radical (unpaired) electrons. The van der Waals surface area contributed by atoms with Gasteiger partial charge in [-0.05, 0) is 73.7 Å². The molecule has 38 heavy (non-hydrogen) atoms. The van der Waals surface area contributed by atoms with Crippen molar-refractivity contribution in [2.75, 3.05) is 16.8 Å². The molecule has 0 bridgehead atoms. The van der Waals surface area contributed by atoms with Crippen molar-refractivity contribution in [2.45, 2.75) is 23.5 Å². The van der Waals surface area contributed by atoms with Crippen LogP contribution in [0, 0.1) is 0 Å². The van der Waals surface area contributed by atoms with E-state index in [4.69, 9.17) is 4.74 Å². The highest BCUT2D eigenvalue weighted by Crippen LogP contribution is 2.35. The number of ether oxygens (including phenoxy) is 1. The van der Waals surface area contributed by atoms with Crippen LogP contribution < -0.4 is 15.0 Å². The molecule has 1 atom stereocenters. The highest BCUT2D eigenvalue weighted by atomic mass is 32.2. The fourth-order valence-electron chi connectivity index (χ4n) is 3.86. The molecule has 0 saturated carbocycles. The van der Waals surface area contributed by atoms with Gasteiger partial charge in [0.05, 0.1) is 34.2 Å². The Kier molecular flexibility index (Phi) is 7.77. The second-order valence-corrected chi connectivity index (χ2v) is 9.43. The number of hydrogen-bond acceptors (Lipinski definition) is 7. The molecule has 0 spiro atoms. The van der Waals surface area contributed by atoms with Crippen molar-refractivity contribution in [3.05, 3.63) is 83.4 Å². The summed E-state index contributed by atoms with van der Waals surface area (Å²) in [6.07, 6.45) is 0.0348. The number of carboxylic acids is 2. The molecule has 0 aliphatic carbocycles. The summed E-state index contributed by atoms with van der Waals surface area (Å²) in [5, 5.41) is 20.5. The third kappa shape index (κ3) is 5.68. The molecule has 1 fully saturated rings. The minimum Gasteiger partial charge on any atom is -0.494 e. The first-order chi connectivity index (χ1) is 18.2. The quantitative estimate of drug-likeness (QED) is 0.344. The van der Waals surface area contributed by atoms with Crippen LogP contribution in [0.25, 0.3) is 0 Å². The summed E-state index contributed by atoms with van der Waals surface area (Å²) in [5.41, 5.74) is -0.0398. The summed E-state index contributed by atoms with van der Waals surface area (Å²) in [4.78, 5) is 62.8. The molecule has 194 valence electrons. The van der Waals surface area contributed by atoms with Crippen molar-refractivity contribution in [1.82, 2.24) is 0 Å². The number of thioether (sulfide) groups is 1. The Bertz CT molecular complexity index is 1420. The Morgan fingerprint density at radius 1 is 0.947 bits per heavy atom. The van der Waals surface area contributed by atoms with Gasteiger partial charge in [-0.2, -0.15) is 0 Å². The van der Waals surface area contributed by atoms with E-state index >= 15 is 0 Å². The number of aromatic carboxylic acids is 2. The molecule has 3 aromatic rings. The van der Waals surface area contributed by atoms with E-state index in [1.165, 1.54) is 11.8 Å². The molecule has 4 rings (SSSR count). The molecule has 11 heteroatoms. The van der Waals surface area contributed by atoms with Gasteiger partial charge in [0, 0.05) is 17.0 Å². The van der Waals surface area contributed by atoms with Crippen LogP contribution in [0.4, 0.5) is 11.4 Å². The summed E-state index contributed by atoms with van der Waals surface area (Å²) in [6.45, 7) is 2.36. The summed E-state index contributed by atoms with van der Waals surface area (Å²) in [7, 11) is 0. The summed E-state index contributed by atoms with van der Waals surface area (Å²) >= 11 is 1.22. The zero-order valence-corrected chi connectivity index (χ0v) is 20.9. The maximum Gasteiger partial charge on any atom is 0.336 e. The van der Waals surface area contributed by atoms with E-state index in [1.54, 1.807) is 48.5 Å². The van der Waals surface area contributed by atoms with Crippen molar-refractivity contribution >= 4 is 52.8 Å². The first kappa shape index (κ1) is 26.4. The van der Waals surface area contributed by atoms with Crippen LogP contribution in [0.5, 0.6) is 5.75 Å². The molecule has 3 N–H and O–H groups in total. The lowest BCUT2D eigenvalue weighted by molar-refractivity contribution is -0.121. The van der Waals surface area contributed by atoms with Gasteiger partial charge in [0.2, 0.25) is 11.8 Å². The predicted octanol–water partition coefficient (Wildman–Crippen LogP) is 4.16. The Balaban J connectivity index is 1.43. The topological polar surface area (TPSA) is 150 Å². The van der Waals surface area contributed by atoms with E-state index in [0.717, 1.165) is 23.1 Å². The molecule has 0 aromatic heterocycles. The van der Waals surface area contributed by atoms with Crippen molar-refractivity contribution in [3.63, 3.8) is 0 Å². The number of rotatable bonds is 9. The minimum absolute atomic E-state index is 0.0348. The van der Waals surface area contributed by atoms with Crippen LogP contribution in [0.15, 0.2) is 71.6 Å². The SMILES string of the molecule is CCOc1ccc(N2C(=O)CC(Sc3ccc(NC(=O)c4cc(C(=O)O)ccc4C(=O)O)cc3)C2=O)cc1. The molecular weight excluding hydrogens is 512 g/mol. The number of carbonyl (C=O) groups is 5. The maximum absolute atomic E-state index is 13.0. The minimum atomic E-state index is -1.37. The first-order valence-electron chi connectivity index (χ1n) is 11.5. The Morgan fingerprint density at radius 2 is 1.63 bits per heavy atom. The summed E-state index contributed by atoms with van der Waals surface area (Å²) in [6, 6.07) is 16.3. The maximum atomic E-state index is 13.0. The van der Waals surface area contributed by atoms with Gasteiger partial charge in [0.1, 0.15) is 5.75 Å². The third-order valence-electron chi connectivity index (χ3n) is 5.64. The highest BCUT2D eigenvalue weighted by molar-refractivity contribution is 8.00. The van der Waals surface area contributed by atoms with E-state index < -0.39 is 23.1 Å². The largest absolute Gasteiger partial charge is 0.494 e. The first-order valence-corrected chi connectivity index (χ1v) is 12.3. The van der Waals surface area contributed by atoms with Gasteiger partial charge in [-0.15, -0.1) is 11.8 Å². The van der Waals surface area contributed by atoms with Gasteiger partial charge in [0.15, 0.2) is 0 Å². The fourth-order valence-corrected chi connectivity index (χ4v) is 4.91. The zero-order valence-electron chi connectivity index (χ0n) is 20.0. The molecule has 10 nitrogen and oxygen atoms in total. The van der Waals surface area contributed by atoms with Crippen LogP contribution >= 0.6 is 11.8 Å². The number of imide groups is 1. The number of benzene rings is 3. The van der Waals surface area contributed by atoms with Crippen molar-refractivity contribution < 1.29 is 38.9 Å². The second kappa shape index (κ2) is 11.2. The average molecular weight is 535 g/mol. The van der Waals surface area contributed by atoms with Crippen molar-refractivity contribution in [3.8, 4) is 5.75 Å². The smallest absolute Gasteiger partial charge is 0.336 e. The van der Waals surface area contributed by atoms with E-state index in [0.29, 0.717) is 28.6 Å². The Labute approximate surface area is 221 Å². The molecule has 3 amide bonds. The van der Waals surface area contributed by atoms with Crippen LogP contribution in [-0.2, 0) is 9.59 Å². The second-order valence-electron chi connectivity index (χ2n) is 8.15. The molecular formula is C27H22N2O8S. The van der Waals surface area contributed by atoms with Crippen LogP contribution in [0.3, 0.4) is 0 Å². The van der Waals surface area contributed by atoms with E-state index in [1.807, 2.05) is 6.92 Å². The van der Waals surface area contributed by atoms with Gasteiger partial charge in [0.25, 0.3) is 5.91 Å². The molecule has 1 aliphatic heterocycles. The lowest BCUT2D eigenvalue weighted by Crippen LogP contribution is -2.31.